The highest BCUT2D eigenvalue weighted by Crippen LogP contribution is 2.47. The van der Waals surface area contributed by atoms with E-state index in [0.29, 0.717) is 37.4 Å². The fraction of sp³-hybridized carbons (Fsp3) is 0.400. The van der Waals surface area contributed by atoms with Gasteiger partial charge in [-0.15, -0.1) is 22.7 Å². The van der Waals surface area contributed by atoms with Crippen molar-refractivity contribution in [2.45, 2.75) is 69.4 Å². The third-order valence-electron chi connectivity index (χ3n) is 8.78. The predicted octanol–water partition coefficient (Wildman–Crippen LogP) is 5.57. The number of amidine groups is 1. The Kier molecular flexibility index (Phi) is 8.75. The Labute approximate surface area is 287 Å². The number of aromatic nitrogens is 4. The van der Waals surface area contributed by atoms with Crippen LogP contribution in [0.15, 0.2) is 64.3 Å². The van der Waals surface area contributed by atoms with Crippen LogP contribution in [0, 0.1) is 5.82 Å². The summed E-state index contributed by atoms with van der Waals surface area (Å²) >= 11 is 9.21. The quantitative estimate of drug-likeness (QED) is 0.242. The molecule has 0 amide bonds. The second kappa shape index (κ2) is 12.6. The molecule has 5 atom stereocenters. The van der Waals surface area contributed by atoms with Gasteiger partial charge in [-0.2, -0.15) is 31.3 Å². The molecule has 0 aliphatic carbocycles. The predicted molar refractivity (Wildman–Crippen MR) is 176 cm³/mol. The molecule has 2 unspecified atom stereocenters. The summed E-state index contributed by atoms with van der Waals surface area (Å²) < 4.78 is 74.4. The van der Waals surface area contributed by atoms with Gasteiger partial charge in [-0.1, -0.05) is 17.7 Å². The van der Waals surface area contributed by atoms with Crippen molar-refractivity contribution in [3.63, 3.8) is 0 Å². The van der Waals surface area contributed by atoms with Crippen LogP contribution in [0.25, 0.3) is 5.57 Å². The van der Waals surface area contributed by atoms with Gasteiger partial charge in [0.15, 0.2) is 10.8 Å². The number of piperidine rings is 1. The van der Waals surface area contributed by atoms with Gasteiger partial charge in [0.05, 0.1) is 5.69 Å². The number of hydrogen-bond donors (Lipinski definition) is 2. The van der Waals surface area contributed by atoms with E-state index < -0.39 is 52.3 Å². The van der Waals surface area contributed by atoms with Crippen molar-refractivity contribution in [3.05, 3.63) is 91.4 Å². The maximum absolute atomic E-state index is 14.1. The van der Waals surface area contributed by atoms with Crippen LogP contribution >= 0.6 is 34.3 Å². The molecule has 18 heteroatoms. The summed E-state index contributed by atoms with van der Waals surface area (Å²) in [4.78, 5) is 15.6. The lowest BCUT2D eigenvalue weighted by molar-refractivity contribution is -0.0461. The molecule has 2 N–H and O–H groups in total. The average molecular weight is 739 g/mol. The molecule has 3 aliphatic heterocycles. The fourth-order valence-corrected chi connectivity index (χ4v) is 10.5. The Balaban J connectivity index is 1.26. The highest BCUT2D eigenvalue weighted by molar-refractivity contribution is 7.87. The van der Waals surface area contributed by atoms with E-state index >= 15 is 0 Å². The SMILES string of the molecule is CC1CC(O)(c2nccs2)C[C@@H](C)N1S(=O)(=O)N[C@H]1CC2=C(c3ccn(C(F)F)n3)[C@H](c3ccc(F)cc3Cl)N=C(c3nccs3)N2C1. The smallest absolute Gasteiger partial charge is 0.333 e. The Morgan fingerprint density at radius 3 is 2.46 bits per heavy atom. The minimum absolute atomic E-state index is 0.0862. The first-order chi connectivity index (χ1) is 22.8. The summed E-state index contributed by atoms with van der Waals surface area (Å²) in [6.45, 7) is 0.789. The Hall–Kier alpha value is -3.19. The molecule has 3 aliphatic rings. The first-order valence-electron chi connectivity index (χ1n) is 15.0. The van der Waals surface area contributed by atoms with Crippen molar-refractivity contribution < 1.29 is 26.7 Å². The number of nitrogens with one attached hydrogen (secondary N) is 1. The van der Waals surface area contributed by atoms with E-state index in [9.17, 15) is 26.7 Å². The van der Waals surface area contributed by atoms with Crippen molar-refractivity contribution >= 4 is 55.9 Å². The molecule has 0 radical (unpaired) electrons. The van der Waals surface area contributed by atoms with Gasteiger partial charge < -0.3 is 10.0 Å². The van der Waals surface area contributed by atoms with Crippen LogP contribution in [0.3, 0.4) is 0 Å². The minimum atomic E-state index is -4.09. The second-order valence-electron chi connectivity index (χ2n) is 12.1. The number of benzene rings is 1. The second-order valence-corrected chi connectivity index (χ2v) is 15.9. The van der Waals surface area contributed by atoms with Crippen molar-refractivity contribution in [1.82, 2.24) is 33.7 Å². The molecule has 254 valence electrons. The Morgan fingerprint density at radius 2 is 1.83 bits per heavy atom. The van der Waals surface area contributed by atoms with Gasteiger partial charge in [-0.25, -0.2) is 19.0 Å². The summed E-state index contributed by atoms with van der Waals surface area (Å²) in [5, 5.41) is 20.3. The van der Waals surface area contributed by atoms with E-state index in [-0.39, 0.29) is 36.5 Å². The highest BCUT2D eigenvalue weighted by Gasteiger charge is 2.49. The van der Waals surface area contributed by atoms with Gasteiger partial charge in [0.2, 0.25) is 0 Å². The molecule has 0 saturated carbocycles. The number of aliphatic hydroxyl groups is 1. The molecule has 1 aromatic carbocycles. The molecule has 48 heavy (non-hydrogen) atoms. The number of alkyl halides is 2. The van der Waals surface area contributed by atoms with Gasteiger partial charge in [0.1, 0.15) is 22.5 Å². The molecule has 3 aromatic heterocycles. The van der Waals surface area contributed by atoms with Crippen LogP contribution in [0.4, 0.5) is 13.2 Å². The number of aliphatic imine (C=N–C) groups is 1. The van der Waals surface area contributed by atoms with E-state index in [2.05, 4.69) is 19.8 Å². The molecule has 7 rings (SSSR count). The molecule has 0 bridgehead atoms. The zero-order chi connectivity index (χ0) is 34.0. The van der Waals surface area contributed by atoms with E-state index in [1.165, 1.54) is 45.2 Å². The number of fused-ring (bicyclic) bond motifs is 1. The lowest BCUT2D eigenvalue weighted by Gasteiger charge is -2.45. The number of thiazole rings is 2. The lowest BCUT2D eigenvalue weighted by atomic mass is 9.85. The topological polar surface area (TPSA) is 129 Å². The standard InChI is InChI=1S/C30H30ClF3N8O3S3/c1-16-13-30(43,28-36-7-10-47-28)14-17(2)42(16)48(44,45)39-19-12-23-24(22-5-8-41(38-22)29(33)34)25(20-4-3-18(32)11-21(20)31)37-26(40(23)15-19)27-35-6-9-46-27/h3-11,16-17,19,25,29,39,43H,12-15H2,1-2H3/t16-,17?,19+,25+,30?/m1/s1. The maximum Gasteiger partial charge on any atom is 0.333 e. The van der Waals surface area contributed by atoms with E-state index in [0.717, 1.165) is 12.3 Å². The number of hydrogen-bond acceptors (Lipinski definition) is 10. The summed E-state index contributed by atoms with van der Waals surface area (Å²) in [5.41, 5.74) is 0.424. The van der Waals surface area contributed by atoms with Crippen molar-refractivity contribution in [1.29, 1.82) is 0 Å². The summed E-state index contributed by atoms with van der Waals surface area (Å²) in [7, 11) is -4.09. The van der Waals surface area contributed by atoms with Crippen molar-refractivity contribution in [2.75, 3.05) is 6.54 Å². The van der Waals surface area contributed by atoms with E-state index in [4.69, 9.17) is 16.6 Å². The summed E-state index contributed by atoms with van der Waals surface area (Å²) in [6, 6.07) is 2.70. The normalized spacial score (nSPS) is 26.8. The van der Waals surface area contributed by atoms with Crippen molar-refractivity contribution in [3.8, 4) is 0 Å². The monoisotopic (exact) mass is 738 g/mol. The summed E-state index contributed by atoms with van der Waals surface area (Å²) in [6.07, 6.45) is 4.90. The largest absolute Gasteiger partial charge is 0.383 e. The molecule has 6 heterocycles. The first kappa shape index (κ1) is 33.3. The molecule has 2 saturated heterocycles. The lowest BCUT2D eigenvalue weighted by Crippen LogP contribution is -2.58. The van der Waals surface area contributed by atoms with E-state index in [1.807, 2.05) is 4.90 Å². The van der Waals surface area contributed by atoms with Gasteiger partial charge in [0, 0.05) is 82.3 Å². The van der Waals surface area contributed by atoms with Crippen LogP contribution < -0.4 is 4.72 Å². The molecular formula is C30H30ClF3N8O3S3. The molecule has 2 fully saturated rings. The van der Waals surface area contributed by atoms with Gasteiger partial charge >= 0.3 is 6.55 Å². The van der Waals surface area contributed by atoms with Crippen LogP contribution in [0.1, 0.15) is 67.0 Å². The zero-order valence-corrected chi connectivity index (χ0v) is 28.7. The minimum Gasteiger partial charge on any atom is -0.383 e. The number of halogens is 4. The number of rotatable bonds is 8. The van der Waals surface area contributed by atoms with Gasteiger partial charge in [-0.3, -0.25) is 4.99 Å². The van der Waals surface area contributed by atoms with Crippen LogP contribution in [0.2, 0.25) is 5.02 Å². The third kappa shape index (κ3) is 5.99. The molecule has 11 nitrogen and oxygen atoms in total. The van der Waals surface area contributed by atoms with Crippen LogP contribution in [0.5, 0.6) is 0 Å². The average Bonchev–Trinajstić information content (AvgIpc) is 3.82. The summed E-state index contributed by atoms with van der Waals surface area (Å²) in [5.74, 6) is -0.111. The third-order valence-corrected chi connectivity index (χ3v) is 12.8. The highest BCUT2D eigenvalue weighted by atomic mass is 35.5. The maximum atomic E-state index is 14.1. The van der Waals surface area contributed by atoms with Crippen LogP contribution in [-0.2, 0) is 15.8 Å². The zero-order valence-electron chi connectivity index (χ0n) is 25.5. The Bertz CT molecular complexity index is 1980. The van der Waals surface area contributed by atoms with E-state index in [1.54, 1.807) is 37.0 Å². The molecular weight excluding hydrogens is 709 g/mol. The molecule has 4 aromatic rings. The fourth-order valence-electron chi connectivity index (χ4n) is 7.08. The number of nitrogens with zero attached hydrogens (tertiary/aromatic N) is 7. The first-order valence-corrected chi connectivity index (χ1v) is 18.6. The Morgan fingerprint density at radius 1 is 1.10 bits per heavy atom. The van der Waals surface area contributed by atoms with Gasteiger partial charge in [-0.05, 0) is 44.9 Å². The van der Waals surface area contributed by atoms with Gasteiger partial charge in [0.25, 0.3) is 10.2 Å². The van der Waals surface area contributed by atoms with Crippen molar-refractivity contribution in [2.24, 2.45) is 4.99 Å². The molecule has 0 spiro atoms. The van der Waals surface area contributed by atoms with Crippen LogP contribution in [-0.4, -0.2) is 73.0 Å².